The van der Waals surface area contributed by atoms with E-state index in [0.717, 1.165) is 0 Å². The number of aromatic nitrogens is 3. The molecule has 0 aliphatic rings. The van der Waals surface area contributed by atoms with Crippen LogP contribution in [0.25, 0.3) is 10.7 Å². The van der Waals surface area contributed by atoms with Crippen LogP contribution in [0.15, 0.2) is 27.0 Å². The largest absolute Gasteiger partial charge is 0.359 e. The van der Waals surface area contributed by atoms with Crippen molar-refractivity contribution in [3.8, 4) is 10.7 Å². The number of rotatable bonds is 1. The Hall–Kier alpha value is -1.01. The minimum absolute atomic E-state index is 0.0416. The summed E-state index contributed by atoms with van der Waals surface area (Å²) in [5.74, 6) is 0. The Balaban J connectivity index is 2.52. The standard InChI is InChI=1S/C7H4BrN3OS/c8-7-11-10-6(13-7)5-3-4(12)1-2-9-5/h1-3H,(H,9,12). The van der Waals surface area contributed by atoms with Gasteiger partial charge in [-0.25, -0.2) is 0 Å². The van der Waals surface area contributed by atoms with Gasteiger partial charge in [0.25, 0.3) is 0 Å². The van der Waals surface area contributed by atoms with Gasteiger partial charge in [-0.05, 0) is 15.9 Å². The predicted octanol–water partition coefficient (Wildman–Crippen LogP) is 1.66. The topological polar surface area (TPSA) is 58.6 Å². The van der Waals surface area contributed by atoms with Crippen molar-refractivity contribution in [2.24, 2.45) is 0 Å². The molecule has 0 atom stereocenters. The average molecular weight is 258 g/mol. The molecule has 0 unspecified atom stereocenters. The van der Waals surface area contributed by atoms with Crippen molar-refractivity contribution in [2.45, 2.75) is 0 Å². The van der Waals surface area contributed by atoms with E-state index < -0.39 is 0 Å². The number of hydrogen-bond acceptors (Lipinski definition) is 4. The first-order chi connectivity index (χ1) is 6.25. The zero-order chi connectivity index (χ0) is 9.26. The van der Waals surface area contributed by atoms with Crippen molar-refractivity contribution in [3.63, 3.8) is 0 Å². The molecule has 0 spiro atoms. The molecule has 6 heteroatoms. The van der Waals surface area contributed by atoms with Crippen LogP contribution in [0.5, 0.6) is 0 Å². The summed E-state index contributed by atoms with van der Waals surface area (Å²) in [6.45, 7) is 0. The van der Waals surface area contributed by atoms with E-state index in [1.807, 2.05) is 0 Å². The molecule has 0 bridgehead atoms. The SMILES string of the molecule is O=c1cc[nH]c(-c2nnc(Br)s2)c1. The van der Waals surface area contributed by atoms with Crippen molar-refractivity contribution >= 4 is 27.3 Å². The van der Waals surface area contributed by atoms with E-state index in [1.165, 1.54) is 23.5 Å². The van der Waals surface area contributed by atoms with Gasteiger partial charge in [0.15, 0.2) is 14.4 Å². The molecule has 0 amide bonds. The average Bonchev–Trinajstić information content (AvgIpc) is 2.52. The number of H-pyrrole nitrogens is 1. The molecular formula is C7H4BrN3OS. The molecule has 2 heterocycles. The Kier molecular flexibility index (Phi) is 2.24. The molecule has 66 valence electrons. The normalized spacial score (nSPS) is 10.2. The van der Waals surface area contributed by atoms with E-state index in [-0.39, 0.29) is 5.43 Å². The van der Waals surface area contributed by atoms with Gasteiger partial charge < -0.3 is 4.98 Å². The van der Waals surface area contributed by atoms with Crippen LogP contribution in [0, 0.1) is 0 Å². The second-order valence-corrected chi connectivity index (χ2v) is 4.55. The Labute approximate surface area is 85.8 Å². The fourth-order valence-corrected chi connectivity index (χ4v) is 1.97. The molecule has 4 nitrogen and oxygen atoms in total. The van der Waals surface area contributed by atoms with Crippen LogP contribution in [-0.4, -0.2) is 15.2 Å². The van der Waals surface area contributed by atoms with Crippen LogP contribution < -0.4 is 5.43 Å². The summed E-state index contributed by atoms with van der Waals surface area (Å²) in [4.78, 5) is 13.9. The lowest BCUT2D eigenvalue weighted by atomic mass is 10.3. The molecule has 1 N–H and O–H groups in total. The molecule has 2 aromatic rings. The fourth-order valence-electron chi connectivity index (χ4n) is 0.883. The summed E-state index contributed by atoms with van der Waals surface area (Å²) in [7, 11) is 0. The third-order valence-corrected chi connectivity index (χ3v) is 2.79. The predicted molar refractivity (Wildman–Crippen MR) is 53.7 cm³/mol. The maximum Gasteiger partial charge on any atom is 0.183 e. The molecule has 0 saturated heterocycles. The Bertz CT molecular complexity index is 478. The van der Waals surface area contributed by atoms with E-state index in [0.29, 0.717) is 14.6 Å². The van der Waals surface area contributed by atoms with E-state index in [1.54, 1.807) is 6.20 Å². The number of halogens is 1. The maximum absolute atomic E-state index is 11.0. The lowest BCUT2D eigenvalue weighted by molar-refractivity contribution is 1.07. The van der Waals surface area contributed by atoms with Gasteiger partial charge in [0.1, 0.15) is 0 Å². The van der Waals surface area contributed by atoms with Crippen molar-refractivity contribution in [3.05, 3.63) is 32.5 Å². The Morgan fingerprint density at radius 3 is 2.92 bits per heavy atom. The molecule has 0 fully saturated rings. The molecule has 2 rings (SSSR count). The van der Waals surface area contributed by atoms with E-state index >= 15 is 0 Å². The second kappa shape index (κ2) is 3.39. The zero-order valence-corrected chi connectivity index (χ0v) is 8.72. The molecule has 0 saturated carbocycles. The number of nitrogens with one attached hydrogen (secondary N) is 1. The summed E-state index contributed by atoms with van der Waals surface area (Å²) in [6, 6.07) is 2.95. The van der Waals surface area contributed by atoms with Crippen molar-refractivity contribution in [1.82, 2.24) is 15.2 Å². The first-order valence-electron chi connectivity index (χ1n) is 3.44. The van der Waals surface area contributed by atoms with Gasteiger partial charge in [0.2, 0.25) is 0 Å². The van der Waals surface area contributed by atoms with Gasteiger partial charge in [-0.2, -0.15) is 0 Å². The lowest BCUT2D eigenvalue weighted by Crippen LogP contribution is -1.97. The summed E-state index contributed by atoms with van der Waals surface area (Å²) in [5, 5.41) is 8.36. The van der Waals surface area contributed by atoms with E-state index in [4.69, 9.17) is 0 Å². The first-order valence-corrected chi connectivity index (χ1v) is 5.05. The fraction of sp³-hybridized carbons (Fsp3) is 0. The summed E-state index contributed by atoms with van der Waals surface area (Å²) in [5.41, 5.74) is 0.649. The van der Waals surface area contributed by atoms with Crippen LogP contribution in [0.1, 0.15) is 0 Å². The van der Waals surface area contributed by atoms with Gasteiger partial charge in [0.05, 0.1) is 5.69 Å². The maximum atomic E-state index is 11.0. The molecule has 2 aromatic heterocycles. The highest BCUT2D eigenvalue weighted by Gasteiger charge is 2.04. The third-order valence-electron chi connectivity index (χ3n) is 1.40. The van der Waals surface area contributed by atoms with Crippen LogP contribution in [0.4, 0.5) is 0 Å². The van der Waals surface area contributed by atoms with E-state index in [9.17, 15) is 4.79 Å². The van der Waals surface area contributed by atoms with Gasteiger partial charge in [-0.3, -0.25) is 4.79 Å². The van der Waals surface area contributed by atoms with Gasteiger partial charge in [0, 0.05) is 18.3 Å². The van der Waals surface area contributed by atoms with Gasteiger partial charge in [-0.1, -0.05) is 11.3 Å². The minimum Gasteiger partial charge on any atom is -0.359 e. The highest BCUT2D eigenvalue weighted by atomic mass is 79.9. The third kappa shape index (κ3) is 1.84. The quantitative estimate of drug-likeness (QED) is 0.846. The van der Waals surface area contributed by atoms with Crippen LogP contribution in [0.3, 0.4) is 0 Å². The van der Waals surface area contributed by atoms with Crippen LogP contribution >= 0.6 is 27.3 Å². The zero-order valence-electron chi connectivity index (χ0n) is 6.32. The monoisotopic (exact) mass is 257 g/mol. The smallest absolute Gasteiger partial charge is 0.183 e. The highest BCUT2D eigenvalue weighted by Crippen LogP contribution is 2.23. The number of nitrogens with zero attached hydrogens (tertiary/aromatic N) is 2. The van der Waals surface area contributed by atoms with Crippen molar-refractivity contribution < 1.29 is 0 Å². The molecule has 0 aliphatic carbocycles. The lowest BCUT2D eigenvalue weighted by Gasteiger charge is -1.91. The molecule has 0 aromatic carbocycles. The van der Waals surface area contributed by atoms with Gasteiger partial charge in [-0.15, -0.1) is 10.2 Å². The molecule has 13 heavy (non-hydrogen) atoms. The van der Waals surface area contributed by atoms with E-state index in [2.05, 4.69) is 31.1 Å². The molecule has 0 radical (unpaired) electrons. The highest BCUT2D eigenvalue weighted by molar-refractivity contribution is 9.11. The number of pyridine rings is 1. The summed E-state index contributed by atoms with van der Waals surface area (Å²) in [6.07, 6.45) is 1.59. The molecule has 0 aliphatic heterocycles. The minimum atomic E-state index is -0.0416. The van der Waals surface area contributed by atoms with Crippen molar-refractivity contribution in [1.29, 1.82) is 0 Å². The molecular weight excluding hydrogens is 254 g/mol. The number of aromatic amines is 1. The Morgan fingerprint density at radius 2 is 2.31 bits per heavy atom. The second-order valence-electron chi connectivity index (χ2n) is 2.30. The summed E-state index contributed by atoms with van der Waals surface area (Å²) < 4.78 is 0.701. The van der Waals surface area contributed by atoms with Crippen molar-refractivity contribution in [2.75, 3.05) is 0 Å². The Morgan fingerprint density at radius 1 is 1.46 bits per heavy atom. The number of hydrogen-bond donors (Lipinski definition) is 1. The first kappa shape index (κ1) is 8.58. The van der Waals surface area contributed by atoms with Gasteiger partial charge >= 0.3 is 0 Å². The van der Waals surface area contributed by atoms with Crippen LogP contribution in [-0.2, 0) is 0 Å². The van der Waals surface area contributed by atoms with Crippen LogP contribution in [0.2, 0.25) is 0 Å². The summed E-state index contributed by atoms with van der Waals surface area (Å²) >= 11 is 4.57.